The lowest BCUT2D eigenvalue weighted by atomic mass is 10.2. The van der Waals surface area contributed by atoms with Gasteiger partial charge in [-0.25, -0.2) is 4.79 Å². The minimum absolute atomic E-state index is 0.241. The highest BCUT2D eigenvalue weighted by Crippen LogP contribution is 2.16. The van der Waals surface area contributed by atoms with Crippen molar-refractivity contribution < 1.29 is 9.53 Å². The Balaban J connectivity index is 1.85. The molecule has 0 atom stereocenters. The third-order valence-electron chi connectivity index (χ3n) is 2.82. The fourth-order valence-corrected chi connectivity index (χ4v) is 2.22. The molecule has 0 saturated carbocycles. The van der Waals surface area contributed by atoms with Crippen molar-refractivity contribution in [3.63, 3.8) is 0 Å². The van der Waals surface area contributed by atoms with E-state index in [0.717, 1.165) is 21.5 Å². The lowest BCUT2D eigenvalue weighted by Gasteiger charge is -2.09. The van der Waals surface area contributed by atoms with Crippen LogP contribution in [-0.2, 0) is 6.54 Å². The lowest BCUT2D eigenvalue weighted by Crippen LogP contribution is -2.28. The first-order valence-corrected chi connectivity index (χ1v) is 7.49. The van der Waals surface area contributed by atoms with Gasteiger partial charge in [0.25, 0.3) is 0 Å². The molecule has 0 spiro atoms. The van der Waals surface area contributed by atoms with Crippen LogP contribution in [0.2, 0.25) is 0 Å². The Hall–Kier alpha value is -2.01. The summed E-state index contributed by atoms with van der Waals surface area (Å²) in [5, 5.41) is 5.60. The average molecular weight is 349 g/mol. The number of halogens is 1. The van der Waals surface area contributed by atoms with Gasteiger partial charge in [-0.1, -0.05) is 34.1 Å². The molecule has 0 aromatic heterocycles. The minimum atomic E-state index is -0.241. The first kappa shape index (κ1) is 15.4. The van der Waals surface area contributed by atoms with E-state index >= 15 is 0 Å². The summed E-state index contributed by atoms with van der Waals surface area (Å²) < 4.78 is 6.33. The number of amides is 2. The molecule has 2 rings (SSSR count). The van der Waals surface area contributed by atoms with Crippen LogP contribution >= 0.6 is 15.9 Å². The molecular weight excluding hydrogens is 332 g/mol. The number of hydrogen-bond acceptors (Lipinski definition) is 2. The third kappa shape index (κ3) is 4.79. The Morgan fingerprint density at radius 2 is 1.86 bits per heavy atom. The smallest absolute Gasteiger partial charge is 0.319 e. The van der Waals surface area contributed by atoms with Gasteiger partial charge in [-0.15, -0.1) is 0 Å². The summed E-state index contributed by atoms with van der Waals surface area (Å²) in [6.45, 7) is 3.02. The predicted molar refractivity (Wildman–Crippen MR) is 87.6 cm³/mol. The molecule has 2 amide bonds. The van der Waals surface area contributed by atoms with Crippen LogP contribution in [0.5, 0.6) is 5.75 Å². The fraction of sp³-hybridized carbons (Fsp3) is 0.188. The van der Waals surface area contributed by atoms with Crippen LogP contribution < -0.4 is 15.4 Å². The fourth-order valence-electron chi connectivity index (χ4n) is 1.79. The second-order valence-corrected chi connectivity index (χ2v) is 5.21. The van der Waals surface area contributed by atoms with Crippen LogP contribution in [0.3, 0.4) is 0 Å². The number of nitrogens with one attached hydrogen (secondary N) is 2. The highest BCUT2D eigenvalue weighted by atomic mass is 79.9. The summed E-state index contributed by atoms with van der Waals surface area (Å²) >= 11 is 3.45. The van der Waals surface area contributed by atoms with Crippen molar-refractivity contribution in [2.45, 2.75) is 13.5 Å². The van der Waals surface area contributed by atoms with Crippen molar-refractivity contribution in [2.75, 3.05) is 11.9 Å². The van der Waals surface area contributed by atoms with Gasteiger partial charge in [-0.3, -0.25) is 0 Å². The topological polar surface area (TPSA) is 50.4 Å². The SMILES string of the molecule is CCOc1ccc(NC(=O)NCc2ccccc2Br)cc1. The summed E-state index contributed by atoms with van der Waals surface area (Å²) in [5.74, 6) is 0.789. The van der Waals surface area contributed by atoms with Crippen molar-refractivity contribution >= 4 is 27.6 Å². The van der Waals surface area contributed by atoms with Crippen LogP contribution in [0.15, 0.2) is 53.0 Å². The molecule has 0 radical (unpaired) electrons. The van der Waals surface area contributed by atoms with Gasteiger partial charge in [-0.05, 0) is 42.8 Å². The Bertz CT molecular complexity index is 599. The van der Waals surface area contributed by atoms with E-state index in [1.165, 1.54) is 0 Å². The van der Waals surface area contributed by atoms with Crippen molar-refractivity contribution in [1.29, 1.82) is 0 Å². The molecule has 2 N–H and O–H groups in total. The van der Waals surface area contributed by atoms with Gasteiger partial charge in [0.05, 0.1) is 6.61 Å². The highest BCUT2D eigenvalue weighted by molar-refractivity contribution is 9.10. The first-order valence-electron chi connectivity index (χ1n) is 6.70. The zero-order valence-electron chi connectivity index (χ0n) is 11.7. The molecular formula is C16H17BrN2O2. The van der Waals surface area contributed by atoms with Gasteiger partial charge >= 0.3 is 6.03 Å². The van der Waals surface area contributed by atoms with Gasteiger partial charge in [0.2, 0.25) is 0 Å². The summed E-state index contributed by atoms with van der Waals surface area (Å²) in [4.78, 5) is 11.8. The molecule has 0 fully saturated rings. The third-order valence-corrected chi connectivity index (χ3v) is 3.59. The summed E-state index contributed by atoms with van der Waals surface area (Å²) in [6.07, 6.45) is 0. The van der Waals surface area contributed by atoms with E-state index < -0.39 is 0 Å². The number of rotatable bonds is 5. The zero-order chi connectivity index (χ0) is 15.1. The molecule has 0 aliphatic heterocycles. The van der Waals surface area contributed by atoms with Crippen molar-refractivity contribution in [3.05, 3.63) is 58.6 Å². The lowest BCUT2D eigenvalue weighted by molar-refractivity contribution is 0.251. The number of benzene rings is 2. The largest absolute Gasteiger partial charge is 0.494 e. The normalized spacial score (nSPS) is 10.0. The first-order chi connectivity index (χ1) is 10.2. The Labute approximate surface area is 132 Å². The molecule has 0 aliphatic carbocycles. The van der Waals surface area contributed by atoms with E-state index in [2.05, 4.69) is 26.6 Å². The molecule has 2 aromatic rings. The molecule has 5 heteroatoms. The average Bonchev–Trinajstić information content (AvgIpc) is 2.49. The standard InChI is InChI=1S/C16H17BrN2O2/c1-2-21-14-9-7-13(8-10-14)19-16(20)18-11-12-5-3-4-6-15(12)17/h3-10H,2,11H2,1H3,(H2,18,19,20). The van der Waals surface area contributed by atoms with Gasteiger partial charge in [0, 0.05) is 16.7 Å². The van der Waals surface area contributed by atoms with Gasteiger partial charge < -0.3 is 15.4 Å². The number of urea groups is 1. The molecule has 0 bridgehead atoms. The monoisotopic (exact) mass is 348 g/mol. The van der Waals surface area contributed by atoms with E-state index in [1.807, 2.05) is 55.5 Å². The summed E-state index contributed by atoms with van der Waals surface area (Å²) in [7, 11) is 0. The molecule has 21 heavy (non-hydrogen) atoms. The van der Waals surface area contributed by atoms with Gasteiger partial charge in [0.1, 0.15) is 5.75 Å². The van der Waals surface area contributed by atoms with E-state index in [-0.39, 0.29) is 6.03 Å². The molecule has 110 valence electrons. The number of hydrogen-bond donors (Lipinski definition) is 2. The Kier molecular flexibility index (Phi) is 5.63. The quantitative estimate of drug-likeness (QED) is 0.851. The van der Waals surface area contributed by atoms with Crippen LogP contribution in [-0.4, -0.2) is 12.6 Å². The van der Waals surface area contributed by atoms with Crippen LogP contribution in [0.25, 0.3) is 0 Å². The van der Waals surface area contributed by atoms with Gasteiger partial charge in [0.15, 0.2) is 0 Å². The van der Waals surface area contributed by atoms with Crippen LogP contribution in [0, 0.1) is 0 Å². The summed E-state index contributed by atoms with van der Waals surface area (Å²) in [6, 6.07) is 14.8. The number of anilines is 1. The van der Waals surface area contributed by atoms with Crippen molar-refractivity contribution in [3.8, 4) is 5.75 Å². The molecule has 0 unspecified atom stereocenters. The minimum Gasteiger partial charge on any atom is -0.494 e. The van der Waals surface area contributed by atoms with Crippen molar-refractivity contribution in [2.24, 2.45) is 0 Å². The van der Waals surface area contributed by atoms with E-state index in [1.54, 1.807) is 0 Å². The Morgan fingerprint density at radius 3 is 2.52 bits per heavy atom. The van der Waals surface area contributed by atoms with E-state index in [0.29, 0.717) is 13.2 Å². The highest BCUT2D eigenvalue weighted by Gasteiger charge is 2.04. The van der Waals surface area contributed by atoms with Crippen molar-refractivity contribution in [1.82, 2.24) is 5.32 Å². The second-order valence-electron chi connectivity index (χ2n) is 4.36. The van der Waals surface area contributed by atoms with E-state index in [9.17, 15) is 4.79 Å². The molecule has 0 heterocycles. The maximum absolute atomic E-state index is 11.8. The molecule has 0 aliphatic rings. The maximum atomic E-state index is 11.8. The number of carbonyl (C=O) groups is 1. The summed E-state index contributed by atoms with van der Waals surface area (Å²) in [5.41, 5.74) is 1.75. The molecule has 0 saturated heterocycles. The zero-order valence-corrected chi connectivity index (χ0v) is 13.3. The Morgan fingerprint density at radius 1 is 1.14 bits per heavy atom. The molecule has 2 aromatic carbocycles. The predicted octanol–water partition coefficient (Wildman–Crippen LogP) is 4.17. The van der Waals surface area contributed by atoms with Crippen LogP contribution in [0.1, 0.15) is 12.5 Å². The second kappa shape index (κ2) is 7.69. The maximum Gasteiger partial charge on any atom is 0.319 e. The van der Waals surface area contributed by atoms with E-state index in [4.69, 9.17) is 4.74 Å². The molecule has 4 nitrogen and oxygen atoms in total. The number of carbonyl (C=O) groups excluding carboxylic acids is 1. The van der Waals surface area contributed by atoms with Gasteiger partial charge in [-0.2, -0.15) is 0 Å². The van der Waals surface area contributed by atoms with Crippen LogP contribution in [0.4, 0.5) is 10.5 Å². The number of ether oxygens (including phenoxy) is 1.